The van der Waals surface area contributed by atoms with Crippen molar-refractivity contribution in [1.82, 2.24) is 30.9 Å². The number of hydroxylamine groups is 2. The van der Waals surface area contributed by atoms with Gasteiger partial charge in [0, 0.05) is 49.7 Å². The molecule has 386 valence electrons. The van der Waals surface area contributed by atoms with Crippen molar-refractivity contribution in [3.8, 4) is 12.3 Å². The number of hydrogen-bond acceptors (Lipinski definition) is 14. The summed E-state index contributed by atoms with van der Waals surface area (Å²) in [5.74, 6) is -2.12. The highest BCUT2D eigenvalue weighted by molar-refractivity contribution is 7.09. The molecule has 1 saturated heterocycles. The monoisotopic (exact) mass is 995 g/mol. The molecule has 0 radical (unpaired) electrons. The number of Topliss-reactive ketones (excluding diaryl/α,β-unsaturated/α-hetero) is 1. The number of likely N-dealkylation sites (tertiary alicyclic amines) is 1. The number of anilines is 1. The minimum atomic E-state index is -1.24. The molecule has 1 aromatic heterocycles. The molecule has 0 bridgehead atoms. The van der Waals surface area contributed by atoms with E-state index in [1.165, 1.54) is 17.4 Å². The SMILES string of the molecule is C#CCCCON(C(=O)[C@@H](NC(=O)[C@H]1CCCCN1C)[C@@H](C)CC)[C@H](C[C@@H](OC(C)=O)c1nc(C(=O)N[C@@H](Cc2ccc(NC(=O)CCC(=O)CNC(=O)CN)cc2)CC(C)(C)C(=O)O)cs1)C(C)C. The zero-order valence-corrected chi connectivity index (χ0v) is 42.8. The average Bonchev–Trinajstić information content (AvgIpc) is 3.81. The summed E-state index contributed by atoms with van der Waals surface area (Å²) in [6.07, 6.45) is 8.60. The molecule has 0 saturated carbocycles. The number of nitrogens with one attached hydrogen (secondary N) is 4. The summed E-state index contributed by atoms with van der Waals surface area (Å²) in [7, 11) is 1.90. The van der Waals surface area contributed by atoms with Crippen molar-refractivity contribution >= 4 is 64.3 Å². The van der Waals surface area contributed by atoms with Crippen LogP contribution in [0.25, 0.3) is 0 Å². The van der Waals surface area contributed by atoms with E-state index in [0.717, 1.165) is 36.3 Å². The zero-order valence-electron chi connectivity index (χ0n) is 42.0. The number of ether oxygens (including phenoxy) is 1. The number of esters is 1. The van der Waals surface area contributed by atoms with Gasteiger partial charge in [-0.05, 0) is 89.1 Å². The number of aliphatic carboxylic acids is 1. The average molecular weight is 995 g/mol. The maximum absolute atomic E-state index is 14.8. The number of nitrogens with two attached hydrogens (primary N) is 1. The number of hydrogen-bond donors (Lipinski definition) is 6. The summed E-state index contributed by atoms with van der Waals surface area (Å²) in [5, 5.41) is 24.2. The number of benzene rings is 1. The lowest BCUT2D eigenvalue weighted by molar-refractivity contribution is -0.213. The number of unbranched alkanes of at least 4 members (excludes halogenated alkanes) is 1. The number of rotatable bonds is 29. The minimum absolute atomic E-state index is 0.000350. The Morgan fingerprint density at radius 1 is 1.04 bits per heavy atom. The maximum Gasteiger partial charge on any atom is 0.309 e. The van der Waals surface area contributed by atoms with E-state index < -0.39 is 65.2 Å². The van der Waals surface area contributed by atoms with E-state index in [-0.39, 0.29) is 92.1 Å². The van der Waals surface area contributed by atoms with E-state index >= 15 is 0 Å². The van der Waals surface area contributed by atoms with Crippen molar-refractivity contribution in [3.63, 3.8) is 0 Å². The summed E-state index contributed by atoms with van der Waals surface area (Å²) in [6, 6.07) is 4.04. The predicted octanol–water partition coefficient (Wildman–Crippen LogP) is 4.56. The first-order valence-electron chi connectivity index (χ1n) is 24.0. The lowest BCUT2D eigenvalue weighted by Crippen LogP contribution is -2.58. The lowest BCUT2D eigenvalue weighted by Gasteiger charge is -2.39. The molecule has 5 amide bonds. The number of thiazole rings is 1. The molecule has 2 heterocycles. The molecular weight excluding hydrogens is 921 g/mol. The van der Waals surface area contributed by atoms with Gasteiger partial charge in [-0.3, -0.25) is 48.1 Å². The van der Waals surface area contributed by atoms with Crippen molar-refractivity contribution in [3.05, 3.63) is 45.9 Å². The third-order valence-electron chi connectivity index (χ3n) is 12.3. The smallest absolute Gasteiger partial charge is 0.309 e. The molecule has 1 aliphatic rings. The predicted molar refractivity (Wildman–Crippen MR) is 265 cm³/mol. The number of likely N-dealkylation sites (N-methyl/N-ethyl adjacent to an activating group) is 1. The number of carbonyl (C=O) groups excluding carboxylic acids is 7. The quantitative estimate of drug-likeness (QED) is 0.0283. The number of ketones is 1. The molecule has 0 spiro atoms. The van der Waals surface area contributed by atoms with Crippen LogP contribution in [0.15, 0.2) is 29.6 Å². The van der Waals surface area contributed by atoms with Crippen LogP contribution in [0.1, 0.15) is 140 Å². The fourth-order valence-corrected chi connectivity index (χ4v) is 8.75. The highest BCUT2D eigenvalue weighted by atomic mass is 32.1. The fourth-order valence-electron chi connectivity index (χ4n) is 7.91. The van der Waals surface area contributed by atoms with Crippen LogP contribution in [0, 0.1) is 29.6 Å². The summed E-state index contributed by atoms with van der Waals surface area (Å²) in [5.41, 5.74) is 5.16. The third kappa shape index (κ3) is 18.9. The van der Waals surface area contributed by atoms with E-state index in [0.29, 0.717) is 31.4 Å². The minimum Gasteiger partial charge on any atom is -0.481 e. The molecule has 20 heteroatoms. The van der Waals surface area contributed by atoms with Gasteiger partial charge in [-0.1, -0.05) is 52.7 Å². The van der Waals surface area contributed by atoms with Crippen LogP contribution < -0.4 is 27.0 Å². The van der Waals surface area contributed by atoms with Gasteiger partial charge in [-0.15, -0.1) is 23.7 Å². The van der Waals surface area contributed by atoms with Crippen molar-refractivity contribution < 1.29 is 53.0 Å². The molecule has 0 unspecified atom stereocenters. The standard InChI is InChI=1S/C50H74N8O11S/c1-10-12-15-24-68-58(48(65)44(32(5)11-2)56-46(64)39-16-13-14-23-57(39)9)40(31(3)4)26-41(69-33(6)59)47-55-38(30-70-47)45(63)54-36(27-50(7,8)49(66)67)25-34-17-19-35(20-18-34)53-42(61)22-21-37(60)29-52-43(62)28-51/h1,17-20,30-32,36,39-41,44H,11-16,21-29,51H2,2-9H3,(H,52,62)(H,53,61)(H,54,63)(H,56,64)(H,66,67)/t32-,36-,39+,40+,41+,44-/m0/s1. The number of carboxylic acid groups (broad SMARTS) is 1. The summed E-state index contributed by atoms with van der Waals surface area (Å²) < 4.78 is 5.86. The van der Waals surface area contributed by atoms with Gasteiger partial charge in [0.1, 0.15) is 16.7 Å². The molecule has 0 aliphatic carbocycles. The van der Waals surface area contributed by atoms with E-state index in [1.807, 2.05) is 39.6 Å². The van der Waals surface area contributed by atoms with Crippen molar-refractivity contribution in [2.75, 3.05) is 38.6 Å². The Bertz CT molecular complexity index is 2140. The van der Waals surface area contributed by atoms with Crippen LogP contribution in [0.5, 0.6) is 0 Å². The van der Waals surface area contributed by atoms with Crippen LogP contribution in [0.3, 0.4) is 0 Å². The Morgan fingerprint density at radius 3 is 2.34 bits per heavy atom. The molecule has 1 fully saturated rings. The fraction of sp³-hybridized carbons (Fsp3) is 0.620. The zero-order chi connectivity index (χ0) is 52.1. The Kier molecular flexibility index (Phi) is 24.1. The number of amides is 5. The highest BCUT2D eigenvalue weighted by Gasteiger charge is 2.40. The van der Waals surface area contributed by atoms with Gasteiger partial charge in [0.15, 0.2) is 11.9 Å². The molecule has 2 aromatic rings. The van der Waals surface area contributed by atoms with Gasteiger partial charge in [0.05, 0.1) is 37.2 Å². The topological polar surface area (TPSA) is 269 Å². The Hall–Kier alpha value is -5.75. The van der Waals surface area contributed by atoms with Crippen LogP contribution in [-0.4, -0.2) is 125 Å². The van der Waals surface area contributed by atoms with Gasteiger partial charge in [-0.25, -0.2) is 10.0 Å². The summed E-state index contributed by atoms with van der Waals surface area (Å²) >= 11 is 1.08. The first kappa shape index (κ1) is 58.6. The summed E-state index contributed by atoms with van der Waals surface area (Å²) in [4.78, 5) is 116. The number of nitrogens with zero attached hydrogens (tertiary/aromatic N) is 3. The molecular formula is C50H74N8O11S. The van der Waals surface area contributed by atoms with E-state index in [1.54, 1.807) is 38.1 Å². The number of terminal acetylenes is 1. The van der Waals surface area contributed by atoms with Crippen LogP contribution in [-0.2, 0) is 49.6 Å². The molecule has 1 aliphatic heterocycles. The van der Waals surface area contributed by atoms with Crippen molar-refractivity contribution in [1.29, 1.82) is 0 Å². The van der Waals surface area contributed by atoms with Crippen molar-refractivity contribution in [2.24, 2.45) is 23.0 Å². The Morgan fingerprint density at radius 2 is 1.74 bits per heavy atom. The van der Waals surface area contributed by atoms with E-state index in [9.17, 15) is 43.5 Å². The van der Waals surface area contributed by atoms with Gasteiger partial charge in [0.2, 0.25) is 17.7 Å². The number of aromatic nitrogens is 1. The summed E-state index contributed by atoms with van der Waals surface area (Å²) in [6.45, 7) is 12.4. The number of piperidine rings is 1. The van der Waals surface area contributed by atoms with Gasteiger partial charge >= 0.3 is 11.9 Å². The second-order valence-corrected chi connectivity index (χ2v) is 19.8. The van der Waals surface area contributed by atoms with Gasteiger partial charge in [-0.2, -0.15) is 0 Å². The first-order chi connectivity index (χ1) is 33.1. The van der Waals surface area contributed by atoms with Crippen LogP contribution in [0.2, 0.25) is 0 Å². The normalized spacial score (nSPS) is 16.1. The number of carbonyl (C=O) groups is 8. The first-order valence-corrected chi connectivity index (χ1v) is 24.9. The van der Waals surface area contributed by atoms with Crippen LogP contribution >= 0.6 is 11.3 Å². The second kappa shape index (κ2) is 28.8. The largest absolute Gasteiger partial charge is 0.481 e. The number of carboxylic acids is 1. The lowest BCUT2D eigenvalue weighted by atomic mass is 9.84. The van der Waals surface area contributed by atoms with E-state index in [2.05, 4.69) is 32.2 Å². The van der Waals surface area contributed by atoms with E-state index in [4.69, 9.17) is 21.7 Å². The molecule has 3 rings (SSSR count). The Labute approximate surface area is 416 Å². The Balaban J connectivity index is 1.86. The maximum atomic E-state index is 14.8. The molecule has 70 heavy (non-hydrogen) atoms. The molecule has 6 atom stereocenters. The van der Waals surface area contributed by atoms with Crippen LogP contribution in [0.4, 0.5) is 5.69 Å². The second-order valence-electron chi connectivity index (χ2n) is 18.9. The van der Waals surface area contributed by atoms with Gasteiger partial charge < -0.3 is 36.8 Å². The third-order valence-corrected chi connectivity index (χ3v) is 13.3. The molecule has 7 N–H and O–H groups in total. The molecule has 1 aromatic carbocycles. The van der Waals surface area contributed by atoms with Gasteiger partial charge in [0.25, 0.3) is 11.8 Å². The van der Waals surface area contributed by atoms with Crippen molar-refractivity contribution in [2.45, 2.75) is 149 Å². The molecule has 19 nitrogen and oxygen atoms in total. The highest BCUT2D eigenvalue weighted by Crippen LogP contribution is 2.32.